The number of carbonyl (C=O) groups excluding carboxylic acids is 1. The summed E-state index contributed by atoms with van der Waals surface area (Å²) in [6.07, 6.45) is 0. The van der Waals surface area contributed by atoms with E-state index in [1.807, 2.05) is 57.2 Å². The van der Waals surface area contributed by atoms with Crippen molar-refractivity contribution in [3.63, 3.8) is 0 Å². The lowest BCUT2D eigenvalue weighted by molar-refractivity contribution is 0.0951. The fourth-order valence-electron chi connectivity index (χ4n) is 2.10. The van der Waals surface area contributed by atoms with Crippen LogP contribution in [0.2, 0.25) is 0 Å². The Balaban J connectivity index is 2.00. The quantitative estimate of drug-likeness (QED) is 0.910. The van der Waals surface area contributed by atoms with Crippen LogP contribution in [-0.2, 0) is 6.54 Å². The van der Waals surface area contributed by atoms with Crippen LogP contribution in [0.5, 0.6) is 5.75 Å². The van der Waals surface area contributed by atoms with Gasteiger partial charge in [0.25, 0.3) is 5.91 Å². The fraction of sp³-hybridized carbons (Fsp3) is 0.278. The third kappa shape index (κ3) is 4.09. The average molecular weight is 283 g/mol. The van der Waals surface area contributed by atoms with Crippen molar-refractivity contribution in [2.75, 3.05) is 6.61 Å². The van der Waals surface area contributed by atoms with E-state index in [2.05, 4.69) is 5.32 Å². The number of nitrogens with one attached hydrogen (secondary N) is 1. The van der Waals surface area contributed by atoms with E-state index in [1.54, 1.807) is 6.07 Å². The van der Waals surface area contributed by atoms with Crippen molar-refractivity contribution in [1.29, 1.82) is 0 Å². The van der Waals surface area contributed by atoms with Crippen LogP contribution in [0.15, 0.2) is 42.5 Å². The number of rotatable bonds is 5. The molecule has 0 aliphatic rings. The zero-order valence-electron chi connectivity index (χ0n) is 12.8. The first-order chi connectivity index (χ1) is 10.1. The topological polar surface area (TPSA) is 38.3 Å². The molecule has 2 rings (SSSR count). The van der Waals surface area contributed by atoms with Crippen LogP contribution in [0.3, 0.4) is 0 Å². The molecule has 0 radical (unpaired) electrons. The molecule has 0 saturated heterocycles. The summed E-state index contributed by atoms with van der Waals surface area (Å²) in [5.74, 6) is 0.759. The second-order valence-electron chi connectivity index (χ2n) is 5.08. The number of amides is 1. The van der Waals surface area contributed by atoms with E-state index in [-0.39, 0.29) is 5.91 Å². The van der Waals surface area contributed by atoms with Crippen molar-refractivity contribution < 1.29 is 9.53 Å². The van der Waals surface area contributed by atoms with Crippen LogP contribution < -0.4 is 10.1 Å². The second kappa shape index (κ2) is 6.93. The van der Waals surface area contributed by atoms with Gasteiger partial charge in [0.2, 0.25) is 0 Å². The van der Waals surface area contributed by atoms with Gasteiger partial charge < -0.3 is 10.1 Å². The maximum absolute atomic E-state index is 12.2. The van der Waals surface area contributed by atoms with Gasteiger partial charge in [0.05, 0.1) is 6.61 Å². The van der Waals surface area contributed by atoms with Crippen LogP contribution in [0, 0.1) is 13.8 Å². The van der Waals surface area contributed by atoms with Gasteiger partial charge in [-0.3, -0.25) is 4.79 Å². The normalized spacial score (nSPS) is 10.2. The lowest BCUT2D eigenvalue weighted by Crippen LogP contribution is -2.22. The van der Waals surface area contributed by atoms with E-state index < -0.39 is 0 Å². The van der Waals surface area contributed by atoms with Gasteiger partial charge in [0.1, 0.15) is 5.75 Å². The van der Waals surface area contributed by atoms with E-state index in [0.717, 1.165) is 16.9 Å². The van der Waals surface area contributed by atoms with Gasteiger partial charge in [-0.1, -0.05) is 29.8 Å². The Hall–Kier alpha value is -2.29. The number of hydrogen-bond acceptors (Lipinski definition) is 2. The first-order valence-electron chi connectivity index (χ1n) is 7.17. The summed E-state index contributed by atoms with van der Waals surface area (Å²) in [4.78, 5) is 12.2. The van der Waals surface area contributed by atoms with Gasteiger partial charge in [-0.05, 0) is 50.1 Å². The third-order valence-electron chi connectivity index (χ3n) is 3.31. The van der Waals surface area contributed by atoms with E-state index in [0.29, 0.717) is 18.7 Å². The molecule has 0 saturated carbocycles. The third-order valence-corrected chi connectivity index (χ3v) is 3.31. The molecule has 2 aromatic rings. The predicted octanol–water partition coefficient (Wildman–Crippen LogP) is 3.63. The van der Waals surface area contributed by atoms with Gasteiger partial charge >= 0.3 is 0 Å². The van der Waals surface area contributed by atoms with Crippen LogP contribution in [0.1, 0.15) is 34.0 Å². The lowest BCUT2D eigenvalue weighted by atomic mass is 10.1. The molecule has 110 valence electrons. The van der Waals surface area contributed by atoms with E-state index in [1.165, 1.54) is 5.56 Å². The molecular formula is C18H21NO2. The van der Waals surface area contributed by atoms with Gasteiger partial charge in [-0.25, -0.2) is 0 Å². The Kier molecular flexibility index (Phi) is 4.99. The lowest BCUT2D eigenvalue weighted by Gasteiger charge is -2.10. The molecule has 0 heterocycles. The molecule has 0 bridgehead atoms. The smallest absolute Gasteiger partial charge is 0.251 e. The summed E-state index contributed by atoms with van der Waals surface area (Å²) in [5.41, 5.74) is 3.94. The maximum Gasteiger partial charge on any atom is 0.251 e. The zero-order valence-corrected chi connectivity index (χ0v) is 12.8. The van der Waals surface area contributed by atoms with Crippen molar-refractivity contribution in [2.24, 2.45) is 0 Å². The summed E-state index contributed by atoms with van der Waals surface area (Å²) in [7, 11) is 0. The van der Waals surface area contributed by atoms with Gasteiger partial charge in [0, 0.05) is 12.1 Å². The Morgan fingerprint density at radius 2 is 1.81 bits per heavy atom. The monoisotopic (exact) mass is 283 g/mol. The largest absolute Gasteiger partial charge is 0.494 e. The molecule has 0 aliphatic heterocycles. The molecule has 2 aromatic carbocycles. The minimum Gasteiger partial charge on any atom is -0.494 e. The first kappa shape index (κ1) is 15.1. The summed E-state index contributed by atoms with van der Waals surface area (Å²) in [6, 6.07) is 13.6. The molecule has 0 fully saturated rings. The molecule has 21 heavy (non-hydrogen) atoms. The molecule has 3 nitrogen and oxygen atoms in total. The Morgan fingerprint density at radius 3 is 2.43 bits per heavy atom. The summed E-state index contributed by atoms with van der Waals surface area (Å²) in [5, 5.41) is 2.93. The van der Waals surface area contributed by atoms with Crippen molar-refractivity contribution in [3.8, 4) is 5.75 Å². The van der Waals surface area contributed by atoms with Gasteiger partial charge in [0.15, 0.2) is 0 Å². The minimum absolute atomic E-state index is 0.0678. The van der Waals surface area contributed by atoms with Crippen LogP contribution in [-0.4, -0.2) is 12.5 Å². The molecule has 1 amide bonds. The van der Waals surface area contributed by atoms with E-state index in [9.17, 15) is 4.79 Å². The molecule has 0 aliphatic carbocycles. The number of aryl methyl sites for hydroxylation is 2. The number of ether oxygens (including phenoxy) is 1. The second-order valence-corrected chi connectivity index (χ2v) is 5.08. The SMILES string of the molecule is CCOc1ccc(C(=O)NCc2ccc(C)cc2)cc1C. The van der Waals surface area contributed by atoms with Crippen molar-refractivity contribution in [3.05, 3.63) is 64.7 Å². The highest BCUT2D eigenvalue weighted by Crippen LogP contribution is 2.19. The standard InChI is InChI=1S/C18H21NO2/c1-4-21-17-10-9-16(11-14(17)3)18(20)19-12-15-7-5-13(2)6-8-15/h5-11H,4,12H2,1-3H3,(H,19,20). The molecule has 0 unspecified atom stereocenters. The Labute approximate surface area is 126 Å². The van der Waals surface area contributed by atoms with Crippen LogP contribution in [0.25, 0.3) is 0 Å². The number of hydrogen-bond donors (Lipinski definition) is 1. The highest BCUT2D eigenvalue weighted by atomic mass is 16.5. The molecule has 0 atom stereocenters. The highest BCUT2D eigenvalue weighted by Gasteiger charge is 2.08. The number of carbonyl (C=O) groups is 1. The molecule has 3 heteroatoms. The predicted molar refractivity (Wildman–Crippen MR) is 84.7 cm³/mol. The molecule has 1 N–H and O–H groups in total. The van der Waals surface area contributed by atoms with Crippen molar-refractivity contribution in [1.82, 2.24) is 5.32 Å². The average Bonchev–Trinajstić information content (AvgIpc) is 2.48. The Bertz CT molecular complexity index is 618. The molecular weight excluding hydrogens is 262 g/mol. The van der Waals surface area contributed by atoms with Gasteiger partial charge in [-0.15, -0.1) is 0 Å². The van der Waals surface area contributed by atoms with Crippen molar-refractivity contribution in [2.45, 2.75) is 27.3 Å². The van der Waals surface area contributed by atoms with Crippen molar-refractivity contribution >= 4 is 5.91 Å². The van der Waals surface area contributed by atoms with Crippen LogP contribution in [0.4, 0.5) is 0 Å². The van der Waals surface area contributed by atoms with E-state index >= 15 is 0 Å². The van der Waals surface area contributed by atoms with Gasteiger partial charge in [-0.2, -0.15) is 0 Å². The molecule has 0 aromatic heterocycles. The van der Waals surface area contributed by atoms with E-state index in [4.69, 9.17) is 4.74 Å². The zero-order chi connectivity index (χ0) is 15.2. The Morgan fingerprint density at radius 1 is 1.10 bits per heavy atom. The summed E-state index contributed by atoms with van der Waals surface area (Å²) < 4.78 is 5.48. The summed E-state index contributed by atoms with van der Waals surface area (Å²) >= 11 is 0. The highest BCUT2D eigenvalue weighted by molar-refractivity contribution is 5.94. The number of benzene rings is 2. The first-order valence-corrected chi connectivity index (χ1v) is 7.17. The fourth-order valence-corrected chi connectivity index (χ4v) is 2.10. The summed E-state index contributed by atoms with van der Waals surface area (Å²) in [6.45, 7) is 7.10. The van der Waals surface area contributed by atoms with Crippen LogP contribution >= 0.6 is 0 Å². The maximum atomic E-state index is 12.2. The molecule has 0 spiro atoms. The minimum atomic E-state index is -0.0678.